The van der Waals surface area contributed by atoms with Crippen LogP contribution in [0.2, 0.25) is 0 Å². The highest BCUT2D eigenvalue weighted by atomic mass is 19.1. The molecule has 1 amide bonds. The van der Waals surface area contributed by atoms with Crippen molar-refractivity contribution in [2.45, 2.75) is 19.9 Å². The number of hydrogen-bond acceptors (Lipinski definition) is 4. The van der Waals surface area contributed by atoms with E-state index >= 15 is 0 Å². The lowest BCUT2D eigenvalue weighted by atomic mass is 10.1. The van der Waals surface area contributed by atoms with Crippen molar-refractivity contribution in [3.05, 3.63) is 53.3 Å². The lowest BCUT2D eigenvalue weighted by Crippen LogP contribution is -2.26. The molecule has 134 valence electrons. The molecule has 0 aliphatic heterocycles. The van der Waals surface area contributed by atoms with Crippen LogP contribution in [0.1, 0.15) is 35.8 Å². The monoisotopic (exact) mass is 347 g/mol. The first-order chi connectivity index (χ1) is 12.0. The average Bonchev–Trinajstić information content (AvgIpc) is 2.62. The lowest BCUT2D eigenvalue weighted by molar-refractivity contribution is 0.0939. The fourth-order valence-electron chi connectivity index (χ4n) is 2.40. The summed E-state index contributed by atoms with van der Waals surface area (Å²) in [4.78, 5) is 12.4. The van der Waals surface area contributed by atoms with Gasteiger partial charge in [0.15, 0.2) is 23.1 Å². The van der Waals surface area contributed by atoms with Crippen LogP contribution in [0.5, 0.6) is 17.2 Å². The van der Waals surface area contributed by atoms with E-state index < -0.39 is 5.82 Å². The quantitative estimate of drug-likeness (QED) is 0.829. The van der Waals surface area contributed by atoms with Crippen LogP contribution in [0.4, 0.5) is 4.39 Å². The van der Waals surface area contributed by atoms with Gasteiger partial charge in [-0.15, -0.1) is 0 Å². The smallest absolute Gasteiger partial charge is 0.251 e. The zero-order valence-electron chi connectivity index (χ0n) is 14.8. The summed E-state index contributed by atoms with van der Waals surface area (Å²) < 4.78 is 29.4. The number of ether oxygens (including phenoxy) is 3. The number of halogens is 1. The van der Waals surface area contributed by atoms with E-state index in [1.807, 2.05) is 6.92 Å². The van der Waals surface area contributed by atoms with Gasteiger partial charge >= 0.3 is 0 Å². The molecule has 5 nitrogen and oxygen atoms in total. The summed E-state index contributed by atoms with van der Waals surface area (Å²) in [5.74, 6) is 0.469. The first-order valence-corrected chi connectivity index (χ1v) is 7.95. The summed E-state index contributed by atoms with van der Waals surface area (Å²) in [5, 5.41) is 2.84. The van der Waals surface area contributed by atoms with Gasteiger partial charge in [-0.2, -0.15) is 0 Å². The SMILES string of the molecule is CCOc1ccc(C(=O)N[C@@H](C)c2ccc(OC)c(F)c2)cc1OC. The minimum Gasteiger partial charge on any atom is -0.494 e. The molecule has 0 saturated heterocycles. The van der Waals surface area contributed by atoms with Crippen LogP contribution in [0.25, 0.3) is 0 Å². The number of benzene rings is 2. The van der Waals surface area contributed by atoms with E-state index in [4.69, 9.17) is 14.2 Å². The molecule has 1 N–H and O–H groups in total. The topological polar surface area (TPSA) is 56.8 Å². The fraction of sp³-hybridized carbons (Fsp3) is 0.316. The second-order valence-electron chi connectivity index (χ2n) is 5.39. The molecule has 25 heavy (non-hydrogen) atoms. The Kier molecular flexibility index (Phi) is 6.22. The van der Waals surface area contributed by atoms with E-state index in [1.165, 1.54) is 26.4 Å². The molecule has 6 heteroatoms. The van der Waals surface area contributed by atoms with Gasteiger partial charge in [0, 0.05) is 5.56 Å². The molecular formula is C19H22FNO4. The Morgan fingerprint density at radius 1 is 1.08 bits per heavy atom. The number of hydrogen-bond donors (Lipinski definition) is 1. The first kappa shape index (κ1) is 18.6. The summed E-state index contributed by atoms with van der Waals surface area (Å²) >= 11 is 0. The molecule has 2 rings (SSSR count). The summed E-state index contributed by atoms with van der Waals surface area (Å²) in [5.41, 5.74) is 1.07. The predicted molar refractivity (Wildman–Crippen MR) is 93.0 cm³/mol. The minimum atomic E-state index is -0.469. The summed E-state index contributed by atoms with van der Waals surface area (Å²) in [6, 6.07) is 9.19. The standard InChI is InChI=1S/C19H22FNO4/c1-5-25-17-9-7-14(11-18(17)24-4)19(22)21-12(2)13-6-8-16(23-3)15(20)10-13/h6-12H,5H2,1-4H3,(H,21,22)/t12-/m0/s1. The van der Waals surface area contributed by atoms with Crippen molar-refractivity contribution >= 4 is 5.91 Å². The minimum absolute atomic E-state index is 0.165. The molecule has 0 unspecified atom stereocenters. The Morgan fingerprint density at radius 2 is 1.76 bits per heavy atom. The van der Waals surface area contributed by atoms with Crippen LogP contribution in [-0.4, -0.2) is 26.7 Å². The lowest BCUT2D eigenvalue weighted by Gasteiger charge is -2.16. The van der Waals surface area contributed by atoms with Gasteiger partial charge < -0.3 is 19.5 Å². The first-order valence-electron chi connectivity index (χ1n) is 7.95. The Bertz CT molecular complexity index is 748. The molecule has 0 saturated carbocycles. The van der Waals surface area contributed by atoms with E-state index in [2.05, 4.69) is 5.32 Å². The van der Waals surface area contributed by atoms with Gasteiger partial charge in [0.05, 0.1) is 26.9 Å². The van der Waals surface area contributed by atoms with Crippen LogP contribution < -0.4 is 19.5 Å². The highest BCUT2D eigenvalue weighted by Crippen LogP contribution is 2.28. The normalized spacial score (nSPS) is 11.6. The molecule has 0 radical (unpaired) electrons. The van der Waals surface area contributed by atoms with Gasteiger partial charge in [-0.1, -0.05) is 6.07 Å². The molecule has 1 atom stereocenters. The number of carbonyl (C=O) groups excluding carboxylic acids is 1. The molecule has 0 heterocycles. The molecule has 0 spiro atoms. The Morgan fingerprint density at radius 3 is 2.36 bits per heavy atom. The van der Waals surface area contributed by atoms with Gasteiger partial charge in [0.25, 0.3) is 5.91 Å². The average molecular weight is 347 g/mol. The molecule has 0 aliphatic rings. The van der Waals surface area contributed by atoms with Gasteiger partial charge in [-0.3, -0.25) is 4.79 Å². The molecule has 0 aromatic heterocycles. The van der Waals surface area contributed by atoms with Gasteiger partial charge in [0.1, 0.15) is 0 Å². The number of rotatable bonds is 7. The number of amides is 1. The summed E-state index contributed by atoms with van der Waals surface area (Å²) in [7, 11) is 2.92. The molecule has 0 fully saturated rings. The second-order valence-corrected chi connectivity index (χ2v) is 5.39. The predicted octanol–water partition coefficient (Wildman–Crippen LogP) is 3.73. The highest BCUT2D eigenvalue weighted by molar-refractivity contribution is 5.95. The maximum Gasteiger partial charge on any atom is 0.251 e. The van der Waals surface area contributed by atoms with Crippen LogP contribution in [0.15, 0.2) is 36.4 Å². The van der Waals surface area contributed by atoms with Crippen molar-refractivity contribution in [1.29, 1.82) is 0 Å². The van der Waals surface area contributed by atoms with Crippen molar-refractivity contribution < 1.29 is 23.4 Å². The third-order valence-corrected chi connectivity index (χ3v) is 3.75. The Hall–Kier alpha value is -2.76. The zero-order chi connectivity index (χ0) is 18.4. The van der Waals surface area contributed by atoms with Gasteiger partial charge in [-0.05, 0) is 49.7 Å². The Labute approximate surface area is 146 Å². The van der Waals surface area contributed by atoms with Crippen LogP contribution >= 0.6 is 0 Å². The summed E-state index contributed by atoms with van der Waals surface area (Å²) in [6.45, 7) is 4.16. The summed E-state index contributed by atoms with van der Waals surface area (Å²) in [6.07, 6.45) is 0. The van der Waals surface area contributed by atoms with Crippen molar-refractivity contribution in [2.24, 2.45) is 0 Å². The van der Waals surface area contributed by atoms with E-state index in [1.54, 1.807) is 31.2 Å². The van der Waals surface area contributed by atoms with Crippen LogP contribution in [0.3, 0.4) is 0 Å². The molecule has 2 aromatic rings. The van der Waals surface area contributed by atoms with Crippen LogP contribution in [-0.2, 0) is 0 Å². The highest BCUT2D eigenvalue weighted by Gasteiger charge is 2.15. The maximum atomic E-state index is 13.8. The Balaban J connectivity index is 2.14. The van der Waals surface area contributed by atoms with Crippen LogP contribution in [0, 0.1) is 5.82 Å². The number of carbonyl (C=O) groups is 1. The molecule has 0 bridgehead atoms. The zero-order valence-corrected chi connectivity index (χ0v) is 14.8. The van der Waals surface area contributed by atoms with E-state index in [0.717, 1.165) is 0 Å². The maximum absolute atomic E-state index is 13.8. The fourth-order valence-corrected chi connectivity index (χ4v) is 2.40. The van der Waals surface area contributed by atoms with Crippen molar-refractivity contribution in [3.8, 4) is 17.2 Å². The molecule has 2 aromatic carbocycles. The van der Waals surface area contributed by atoms with Crippen molar-refractivity contribution in [3.63, 3.8) is 0 Å². The second kappa shape index (κ2) is 8.37. The third-order valence-electron chi connectivity index (χ3n) is 3.75. The van der Waals surface area contributed by atoms with E-state index in [9.17, 15) is 9.18 Å². The van der Waals surface area contributed by atoms with E-state index in [-0.39, 0.29) is 17.7 Å². The van der Waals surface area contributed by atoms with Crippen molar-refractivity contribution in [1.82, 2.24) is 5.32 Å². The third kappa shape index (κ3) is 4.41. The molecular weight excluding hydrogens is 325 g/mol. The number of methoxy groups -OCH3 is 2. The molecule has 0 aliphatic carbocycles. The van der Waals surface area contributed by atoms with Gasteiger partial charge in [-0.25, -0.2) is 4.39 Å². The van der Waals surface area contributed by atoms with E-state index in [0.29, 0.717) is 29.2 Å². The largest absolute Gasteiger partial charge is 0.494 e. The van der Waals surface area contributed by atoms with Crippen molar-refractivity contribution in [2.75, 3.05) is 20.8 Å². The number of nitrogens with one attached hydrogen (secondary N) is 1. The van der Waals surface area contributed by atoms with Gasteiger partial charge in [0.2, 0.25) is 0 Å².